The van der Waals surface area contributed by atoms with Crippen molar-refractivity contribution < 1.29 is 29.9 Å². The molecule has 3 amide bonds. The lowest BCUT2D eigenvalue weighted by Crippen LogP contribution is -2.44. The Hall–Kier alpha value is -2.55. The highest BCUT2D eigenvalue weighted by molar-refractivity contribution is 6.35. The molecule has 0 saturated heterocycles. The van der Waals surface area contributed by atoms with Crippen molar-refractivity contribution in [2.75, 3.05) is 0 Å². The number of urea groups is 1. The minimum absolute atomic E-state index is 0.0627. The van der Waals surface area contributed by atoms with E-state index in [1.807, 2.05) is 5.32 Å². The van der Waals surface area contributed by atoms with Crippen molar-refractivity contribution in [2.45, 2.75) is 44.6 Å². The number of carbonyl (C=O) groups excluding carboxylic acids is 2. The maximum Gasteiger partial charge on any atom is 0.375 e. The van der Waals surface area contributed by atoms with Crippen LogP contribution in [-0.2, 0) is 0 Å². The fourth-order valence-electron chi connectivity index (χ4n) is 2.83. The standard InChI is InChI=1S/C15H18ClN3O6/c16-9-7-10(20)13(21)12(19(24)25)11(9)14(22)18-15(23)17-8-5-3-1-2-4-6-8/h7-8H,1-6H2,(H4-,17,18,20,21,22,23,24,25)/p+1. The molecule has 1 aromatic carbocycles. The Morgan fingerprint density at radius 3 is 2.32 bits per heavy atom. The number of benzene rings is 1. The van der Waals surface area contributed by atoms with Crippen LogP contribution < -0.4 is 10.6 Å². The second-order valence-corrected chi connectivity index (χ2v) is 6.25. The van der Waals surface area contributed by atoms with Gasteiger partial charge in [0, 0.05) is 12.1 Å². The summed E-state index contributed by atoms with van der Waals surface area (Å²) in [5.41, 5.74) is -1.59. The Bertz CT molecular complexity index is 701. The van der Waals surface area contributed by atoms with Gasteiger partial charge in [0.15, 0.2) is 5.75 Å². The van der Waals surface area contributed by atoms with Crippen molar-refractivity contribution in [3.05, 3.63) is 21.6 Å². The maximum absolute atomic E-state index is 12.2. The maximum atomic E-state index is 12.2. The van der Waals surface area contributed by atoms with Crippen LogP contribution in [0.15, 0.2) is 6.07 Å². The number of amides is 3. The summed E-state index contributed by atoms with van der Waals surface area (Å²) in [6.07, 6.45) is 5.77. The zero-order chi connectivity index (χ0) is 18.6. The van der Waals surface area contributed by atoms with E-state index in [0.29, 0.717) is 0 Å². The predicted octanol–water partition coefficient (Wildman–Crippen LogP) is 2.71. The molecule has 0 spiro atoms. The third-order valence-electron chi connectivity index (χ3n) is 4.04. The summed E-state index contributed by atoms with van der Waals surface area (Å²) in [6, 6.07) is -0.0173. The lowest BCUT2D eigenvalue weighted by molar-refractivity contribution is -0.730. The molecule has 1 fully saturated rings. The summed E-state index contributed by atoms with van der Waals surface area (Å²) < 4.78 is 0. The van der Waals surface area contributed by atoms with Gasteiger partial charge in [0.2, 0.25) is 5.75 Å². The monoisotopic (exact) mass is 372 g/mol. The lowest BCUT2D eigenvalue weighted by Gasteiger charge is -2.16. The minimum Gasteiger partial charge on any atom is -0.504 e. The van der Waals surface area contributed by atoms with Gasteiger partial charge in [-0.25, -0.2) is 10.0 Å². The van der Waals surface area contributed by atoms with E-state index in [1.54, 1.807) is 0 Å². The van der Waals surface area contributed by atoms with Crippen molar-refractivity contribution >= 4 is 29.2 Å². The molecule has 0 unspecified atom stereocenters. The van der Waals surface area contributed by atoms with Gasteiger partial charge in [-0.3, -0.25) is 10.1 Å². The summed E-state index contributed by atoms with van der Waals surface area (Å²) in [6.45, 7) is 0. The van der Waals surface area contributed by atoms with E-state index in [-0.39, 0.29) is 6.04 Å². The molecular formula is C15H19ClN3O6+. The largest absolute Gasteiger partial charge is 0.504 e. The average molecular weight is 373 g/mol. The highest BCUT2D eigenvalue weighted by atomic mass is 35.5. The van der Waals surface area contributed by atoms with Crippen LogP contribution in [0.3, 0.4) is 0 Å². The summed E-state index contributed by atoms with van der Waals surface area (Å²) in [5.74, 6) is -2.93. The average Bonchev–Trinajstić information content (AvgIpc) is 2.78. The Labute approximate surface area is 148 Å². The molecule has 9 nitrogen and oxygen atoms in total. The van der Waals surface area contributed by atoms with E-state index in [9.17, 15) is 24.7 Å². The molecule has 0 bridgehead atoms. The van der Waals surface area contributed by atoms with Crippen molar-refractivity contribution in [3.63, 3.8) is 0 Å². The number of nitrogens with zero attached hydrogens (tertiary/aromatic N) is 1. The van der Waals surface area contributed by atoms with Crippen molar-refractivity contribution in [3.8, 4) is 11.5 Å². The molecule has 10 heteroatoms. The highest BCUT2D eigenvalue weighted by Gasteiger charge is 2.35. The molecule has 0 aromatic heterocycles. The van der Waals surface area contributed by atoms with Crippen LogP contribution in [0.25, 0.3) is 0 Å². The van der Waals surface area contributed by atoms with Crippen LogP contribution in [0, 0.1) is 4.91 Å². The second-order valence-electron chi connectivity index (χ2n) is 5.84. The molecule has 1 aliphatic carbocycles. The first-order valence-electron chi connectivity index (χ1n) is 7.83. The summed E-state index contributed by atoms with van der Waals surface area (Å²) >= 11 is 5.80. The van der Waals surface area contributed by atoms with Gasteiger partial charge in [0.25, 0.3) is 10.8 Å². The molecule has 1 saturated carbocycles. The smallest absolute Gasteiger partial charge is 0.375 e. The van der Waals surface area contributed by atoms with Gasteiger partial charge in [0.05, 0.1) is 9.93 Å². The first-order chi connectivity index (χ1) is 11.8. The number of rotatable bonds is 3. The molecule has 0 aliphatic heterocycles. The van der Waals surface area contributed by atoms with Crippen LogP contribution in [0.4, 0.5) is 10.5 Å². The molecule has 0 heterocycles. The van der Waals surface area contributed by atoms with Crippen molar-refractivity contribution in [2.24, 2.45) is 0 Å². The molecule has 0 atom stereocenters. The molecule has 5 N–H and O–H groups in total. The van der Waals surface area contributed by atoms with E-state index < -0.39 is 44.6 Å². The van der Waals surface area contributed by atoms with Gasteiger partial charge in [-0.15, -0.1) is 0 Å². The number of hydrogen-bond acceptors (Lipinski definition) is 5. The van der Waals surface area contributed by atoms with Gasteiger partial charge in [-0.1, -0.05) is 37.3 Å². The Morgan fingerprint density at radius 2 is 1.76 bits per heavy atom. The van der Waals surface area contributed by atoms with Crippen molar-refractivity contribution in [1.82, 2.24) is 10.6 Å². The van der Waals surface area contributed by atoms with E-state index in [0.717, 1.165) is 44.6 Å². The van der Waals surface area contributed by atoms with Gasteiger partial charge in [-0.2, -0.15) is 0 Å². The number of carbonyl (C=O) groups is 2. The van der Waals surface area contributed by atoms with E-state index in [1.165, 1.54) is 0 Å². The highest BCUT2D eigenvalue weighted by Crippen LogP contribution is 2.41. The number of halogens is 1. The minimum atomic E-state index is -1.10. The summed E-state index contributed by atoms with van der Waals surface area (Å²) in [5, 5.41) is 32.4. The van der Waals surface area contributed by atoms with Gasteiger partial charge < -0.3 is 15.5 Å². The van der Waals surface area contributed by atoms with Crippen LogP contribution in [0.2, 0.25) is 5.02 Å². The van der Waals surface area contributed by atoms with Gasteiger partial charge in [-0.05, 0) is 12.8 Å². The summed E-state index contributed by atoms with van der Waals surface area (Å²) in [4.78, 5) is 34.6. The molecule has 25 heavy (non-hydrogen) atoms. The first kappa shape index (κ1) is 18.8. The number of phenols is 2. The molecule has 1 aliphatic rings. The van der Waals surface area contributed by atoms with Crippen LogP contribution >= 0.6 is 11.6 Å². The van der Waals surface area contributed by atoms with E-state index in [4.69, 9.17) is 16.8 Å². The van der Waals surface area contributed by atoms with Crippen LogP contribution in [0.5, 0.6) is 11.5 Å². The third-order valence-corrected chi connectivity index (χ3v) is 4.34. The second kappa shape index (κ2) is 8.02. The predicted molar refractivity (Wildman–Crippen MR) is 87.3 cm³/mol. The Balaban J connectivity index is 2.16. The zero-order valence-electron chi connectivity index (χ0n) is 13.3. The number of aromatic hydroxyl groups is 2. The van der Waals surface area contributed by atoms with Crippen LogP contribution in [-0.4, -0.2) is 38.3 Å². The summed E-state index contributed by atoms with van der Waals surface area (Å²) in [7, 11) is 0. The fourth-order valence-corrected chi connectivity index (χ4v) is 3.11. The van der Waals surface area contributed by atoms with Gasteiger partial charge in [0.1, 0.15) is 5.56 Å². The molecule has 0 radical (unpaired) electrons. The lowest BCUT2D eigenvalue weighted by atomic mass is 10.1. The molecular weight excluding hydrogens is 354 g/mol. The molecule has 136 valence electrons. The molecule has 2 rings (SSSR count). The number of imide groups is 1. The van der Waals surface area contributed by atoms with E-state index >= 15 is 0 Å². The SMILES string of the molecule is O=C(NC(=O)c1c(Cl)cc(O)c(O)c1[N+](=O)O)NC1CCCCCC1. The number of hydrogen-bond donors (Lipinski definition) is 5. The first-order valence-corrected chi connectivity index (χ1v) is 8.21. The quantitative estimate of drug-likeness (QED) is 0.314. The Kier molecular flexibility index (Phi) is 6.02. The topological polar surface area (TPSA) is 139 Å². The van der Waals surface area contributed by atoms with Gasteiger partial charge >= 0.3 is 11.7 Å². The fraction of sp³-hybridized carbons (Fsp3) is 0.467. The normalized spacial score (nSPS) is 15.2. The van der Waals surface area contributed by atoms with Crippen molar-refractivity contribution in [1.29, 1.82) is 0 Å². The number of phenolic OH excluding ortho intramolecular Hbond substituents is 2. The van der Waals surface area contributed by atoms with Crippen LogP contribution in [0.1, 0.15) is 48.9 Å². The molecule has 1 aromatic rings. The third kappa shape index (κ3) is 4.50. The van der Waals surface area contributed by atoms with E-state index in [2.05, 4.69) is 5.32 Å². The Morgan fingerprint density at radius 1 is 1.16 bits per heavy atom. The number of nitrogens with one attached hydrogen (secondary N) is 2. The zero-order valence-corrected chi connectivity index (χ0v) is 14.0.